The third kappa shape index (κ3) is 3.79. The number of carboxylic acids is 1. The molecule has 0 radical (unpaired) electrons. The van der Waals surface area contributed by atoms with Gasteiger partial charge in [0.1, 0.15) is 18.0 Å². The molecule has 0 unspecified atom stereocenters. The Kier molecular flexibility index (Phi) is 4.50. The summed E-state index contributed by atoms with van der Waals surface area (Å²) in [7, 11) is 1.43. The lowest BCUT2D eigenvalue weighted by atomic mass is 10.1. The first-order chi connectivity index (χ1) is 10.1. The highest BCUT2D eigenvalue weighted by molar-refractivity contribution is 5.98. The molecule has 2 aromatic rings. The molecule has 1 aromatic heterocycles. The molecule has 0 aliphatic carbocycles. The number of ether oxygens (including phenoxy) is 1. The molecule has 6 heteroatoms. The third-order valence-corrected chi connectivity index (χ3v) is 2.70. The molecule has 6 nitrogen and oxygen atoms in total. The molecule has 108 valence electrons. The number of nitrogens with zero attached hydrogens (tertiary/aromatic N) is 2. The number of hydrogen-bond donors (Lipinski definition) is 1. The predicted octanol–water partition coefficient (Wildman–Crippen LogP) is 2.03. The molecule has 1 heterocycles. The van der Waals surface area contributed by atoms with Crippen molar-refractivity contribution in [2.24, 2.45) is 0 Å². The fourth-order valence-electron chi connectivity index (χ4n) is 1.75. The number of rotatable bonds is 5. The Bertz CT molecular complexity index is 643. The molecule has 1 N–H and O–H groups in total. The van der Waals surface area contributed by atoms with Crippen molar-refractivity contribution in [3.63, 3.8) is 0 Å². The van der Waals surface area contributed by atoms with Crippen LogP contribution in [0.1, 0.15) is 10.4 Å². The Morgan fingerprint density at radius 1 is 1.24 bits per heavy atom. The zero-order chi connectivity index (χ0) is 15.2. The summed E-state index contributed by atoms with van der Waals surface area (Å²) in [4.78, 5) is 28.0. The average molecular weight is 286 g/mol. The van der Waals surface area contributed by atoms with Crippen molar-refractivity contribution >= 4 is 11.9 Å². The number of aromatic nitrogens is 1. The van der Waals surface area contributed by atoms with Gasteiger partial charge < -0.3 is 14.7 Å². The fourth-order valence-corrected chi connectivity index (χ4v) is 1.75. The fraction of sp³-hybridized carbons (Fsp3) is 0.133. The van der Waals surface area contributed by atoms with Crippen LogP contribution in [0.4, 0.5) is 0 Å². The quantitative estimate of drug-likeness (QED) is 0.909. The minimum Gasteiger partial charge on any atom is -0.480 e. The molecule has 21 heavy (non-hydrogen) atoms. The maximum atomic E-state index is 12.3. The Balaban J connectivity index is 2.24. The summed E-state index contributed by atoms with van der Waals surface area (Å²) in [6.07, 6.45) is 3.15. The number of para-hydroxylation sites is 1. The van der Waals surface area contributed by atoms with Crippen LogP contribution < -0.4 is 4.74 Å². The summed E-state index contributed by atoms with van der Waals surface area (Å²) in [5.74, 6) is -0.639. The maximum Gasteiger partial charge on any atom is 0.323 e. The third-order valence-electron chi connectivity index (χ3n) is 2.70. The topological polar surface area (TPSA) is 79.7 Å². The van der Waals surface area contributed by atoms with Crippen LogP contribution in [0, 0.1) is 0 Å². The number of amides is 1. The zero-order valence-electron chi connectivity index (χ0n) is 11.4. The zero-order valence-corrected chi connectivity index (χ0v) is 11.4. The van der Waals surface area contributed by atoms with Crippen LogP contribution in [0.5, 0.6) is 11.5 Å². The van der Waals surface area contributed by atoms with Crippen LogP contribution in [-0.4, -0.2) is 40.5 Å². The molecule has 0 bridgehead atoms. The van der Waals surface area contributed by atoms with Crippen LogP contribution in [-0.2, 0) is 4.79 Å². The Morgan fingerprint density at radius 2 is 2.00 bits per heavy atom. The van der Waals surface area contributed by atoms with E-state index < -0.39 is 11.9 Å². The van der Waals surface area contributed by atoms with Gasteiger partial charge in [-0.05, 0) is 24.3 Å². The van der Waals surface area contributed by atoms with Crippen molar-refractivity contribution in [1.29, 1.82) is 0 Å². The van der Waals surface area contributed by atoms with Crippen molar-refractivity contribution in [3.8, 4) is 11.5 Å². The van der Waals surface area contributed by atoms with Gasteiger partial charge in [-0.25, -0.2) is 0 Å². The molecule has 0 fully saturated rings. The van der Waals surface area contributed by atoms with E-state index in [2.05, 4.69) is 4.98 Å². The standard InChI is InChI=1S/C15H14N2O4/c1-17(10-14(18)19)15(20)12-6-2-3-7-13(12)21-11-5-4-8-16-9-11/h2-9H,10H2,1H3,(H,18,19). The first-order valence-corrected chi connectivity index (χ1v) is 6.22. The minimum absolute atomic E-state index is 0.296. The largest absolute Gasteiger partial charge is 0.480 e. The van der Waals surface area contributed by atoms with Gasteiger partial charge in [0.2, 0.25) is 0 Å². The van der Waals surface area contributed by atoms with Crippen LogP contribution in [0.15, 0.2) is 48.8 Å². The van der Waals surface area contributed by atoms with Gasteiger partial charge in [-0.2, -0.15) is 0 Å². The Labute approximate surface area is 121 Å². The van der Waals surface area contributed by atoms with E-state index in [0.717, 1.165) is 4.90 Å². The van der Waals surface area contributed by atoms with Crippen LogP contribution in [0.3, 0.4) is 0 Å². The van der Waals surface area contributed by atoms with Crippen molar-refractivity contribution in [2.45, 2.75) is 0 Å². The molecule has 0 saturated carbocycles. The number of carboxylic acid groups (broad SMARTS) is 1. The highest BCUT2D eigenvalue weighted by Crippen LogP contribution is 2.25. The lowest BCUT2D eigenvalue weighted by molar-refractivity contribution is -0.137. The summed E-state index contributed by atoms with van der Waals surface area (Å²) in [6.45, 7) is -0.375. The molecule has 0 aliphatic heterocycles. The van der Waals surface area contributed by atoms with Crippen LogP contribution in [0.25, 0.3) is 0 Å². The van der Waals surface area contributed by atoms with Gasteiger partial charge in [0, 0.05) is 13.2 Å². The van der Waals surface area contributed by atoms with Crippen molar-refractivity contribution in [1.82, 2.24) is 9.88 Å². The molecule has 0 atom stereocenters. The van der Waals surface area contributed by atoms with Crippen LogP contribution in [0.2, 0.25) is 0 Å². The van der Waals surface area contributed by atoms with E-state index >= 15 is 0 Å². The number of hydrogen-bond acceptors (Lipinski definition) is 4. The first kappa shape index (κ1) is 14.5. The van der Waals surface area contributed by atoms with Gasteiger partial charge in [0.15, 0.2) is 0 Å². The summed E-state index contributed by atoms with van der Waals surface area (Å²) in [5.41, 5.74) is 0.296. The number of likely N-dealkylation sites (N-methyl/N-ethyl adjacent to an activating group) is 1. The van der Waals surface area contributed by atoms with Gasteiger partial charge in [-0.1, -0.05) is 12.1 Å². The van der Waals surface area contributed by atoms with Crippen LogP contribution >= 0.6 is 0 Å². The SMILES string of the molecule is CN(CC(=O)O)C(=O)c1ccccc1Oc1cccnc1. The number of benzene rings is 1. The molecular formula is C15H14N2O4. The van der Waals surface area contributed by atoms with E-state index in [1.807, 2.05) is 0 Å². The summed E-state index contributed by atoms with van der Waals surface area (Å²) < 4.78 is 5.63. The first-order valence-electron chi connectivity index (χ1n) is 6.22. The second-order valence-corrected chi connectivity index (χ2v) is 4.34. The van der Waals surface area contributed by atoms with Crippen molar-refractivity contribution in [3.05, 3.63) is 54.4 Å². The van der Waals surface area contributed by atoms with Crippen molar-refractivity contribution < 1.29 is 19.4 Å². The summed E-state index contributed by atoms with van der Waals surface area (Å²) >= 11 is 0. The van der Waals surface area contributed by atoms with E-state index in [1.165, 1.54) is 13.2 Å². The van der Waals surface area contributed by atoms with Crippen molar-refractivity contribution in [2.75, 3.05) is 13.6 Å². The van der Waals surface area contributed by atoms with E-state index in [-0.39, 0.29) is 6.54 Å². The summed E-state index contributed by atoms with van der Waals surface area (Å²) in [5, 5.41) is 8.75. The highest BCUT2D eigenvalue weighted by Gasteiger charge is 2.18. The average Bonchev–Trinajstić information content (AvgIpc) is 2.47. The molecule has 2 rings (SSSR count). The number of carbonyl (C=O) groups excluding carboxylic acids is 1. The minimum atomic E-state index is -1.07. The van der Waals surface area contributed by atoms with E-state index in [1.54, 1.807) is 42.6 Å². The number of carbonyl (C=O) groups is 2. The Morgan fingerprint density at radius 3 is 2.67 bits per heavy atom. The Hall–Kier alpha value is -2.89. The molecule has 1 amide bonds. The normalized spacial score (nSPS) is 9.95. The van der Waals surface area contributed by atoms with Gasteiger partial charge in [-0.15, -0.1) is 0 Å². The van der Waals surface area contributed by atoms with Gasteiger partial charge in [0.25, 0.3) is 5.91 Å². The summed E-state index contributed by atoms with van der Waals surface area (Å²) in [6, 6.07) is 10.1. The highest BCUT2D eigenvalue weighted by atomic mass is 16.5. The number of pyridine rings is 1. The molecule has 0 spiro atoms. The molecule has 0 saturated heterocycles. The molecule has 1 aromatic carbocycles. The van der Waals surface area contributed by atoms with E-state index in [0.29, 0.717) is 17.1 Å². The van der Waals surface area contributed by atoms with E-state index in [9.17, 15) is 9.59 Å². The number of aliphatic carboxylic acids is 1. The van der Waals surface area contributed by atoms with E-state index in [4.69, 9.17) is 9.84 Å². The lowest BCUT2D eigenvalue weighted by Crippen LogP contribution is -2.32. The molecule has 0 aliphatic rings. The lowest BCUT2D eigenvalue weighted by Gasteiger charge is -2.17. The predicted molar refractivity (Wildman–Crippen MR) is 75.3 cm³/mol. The molecular weight excluding hydrogens is 272 g/mol. The second kappa shape index (κ2) is 6.51. The monoisotopic (exact) mass is 286 g/mol. The van der Waals surface area contributed by atoms with Gasteiger partial charge in [0.05, 0.1) is 11.8 Å². The maximum absolute atomic E-state index is 12.3. The smallest absolute Gasteiger partial charge is 0.323 e. The second-order valence-electron chi connectivity index (χ2n) is 4.34. The van der Waals surface area contributed by atoms with Gasteiger partial charge >= 0.3 is 5.97 Å². The van der Waals surface area contributed by atoms with Gasteiger partial charge in [-0.3, -0.25) is 14.6 Å².